The maximum Gasteiger partial charge on any atom is 0.328 e. The minimum Gasteiger partial charge on any atom is -0.467 e. The average molecular weight is 386 g/mol. The standard InChI is InChI=1S/C21H26N2O5/c1-12(2)10-17(21(27)28-3)22-18(24)13-8-9-15-16(11-13)20(26)23(19(15)25)14-6-4-5-7-14/h8-9,11-12,14,17H,4-7,10H2,1-3H3,(H,22,24)/t17-/m0/s1. The van der Waals surface area contributed by atoms with Crippen molar-refractivity contribution in [1.82, 2.24) is 10.2 Å². The van der Waals surface area contributed by atoms with E-state index in [4.69, 9.17) is 4.74 Å². The van der Waals surface area contributed by atoms with Crippen LogP contribution in [0.4, 0.5) is 0 Å². The fraction of sp³-hybridized carbons (Fsp3) is 0.524. The molecule has 2 aliphatic rings. The normalized spacial score (nSPS) is 17.8. The highest BCUT2D eigenvalue weighted by Crippen LogP contribution is 2.32. The Morgan fingerprint density at radius 3 is 2.39 bits per heavy atom. The lowest BCUT2D eigenvalue weighted by molar-refractivity contribution is -0.143. The molecular formula is C21H26N2O5. The van der Waals surface area contributed by atoms with Crippen LogP contribution in [-0.4, -0.2) is 47.8 Å². The predicted molar refractivity (Wildman–Crippen MR) is 102 cm³/mol. The number of amides is 3. The zero-order valence-corrected chi connectivity index (χ0v) is 16.5. The topological polar surface area (TPSA) is 92.8 Å². The van der Waals surface area contributed by atoms with E-state index in [9.17, 15) is 19.2 Å². The third-order valence-corrected chi connectivity index (χ3v) is 5.37. The van der Waals surface area contributed by atoms with E-state index in [0.29, 0.717) is 12.0 Å². The van der Waals surface area contributed by atoms with Gasteiger partial charge in [-0.15, -0.1) is 0 Å². The summed E-state index contributed by atoms with van der Waals surface area (Å²) in [7, 11) is 1.28. The van der Waals surface area contributed by atoms with Gasteiger partial charge in [0.15, 0.2) is 0 Å². The van der Waals surface area contributed by atoms with Crippen LogP contribution < -0.4 is 5.32 Å². The van der Waals surface area contributed by atoms with Crippen molar-refractivity contribution in [2.24, 2.45) is 5.92 Å². The first-order valence-corrected chi connectivity index (χ1v) is 9.74. The Morgan fingerprint density at radius 2 is 1.79 bits per heavy atom. The lowest BCUT2D eigenvalue weighted by atomic mass is 10.0. The summed E-state index contributed by atoms with van der Waals surface area (Å²) in [5.41, 5.74) is 0.828. The van der Waals surface area contributed by atoms with Gasteiger partial charge in [0.2, 0.25) is 0 Å². The second kappa shape index (κ2) is 8.12. The highest BCUT2D eigenvalue weighted by atomic mass is 16.5. The van der Waals surface area contributed by atoms with E-state index in [1.807, 2.05) is 13.8 Å². The van der Waals surface area contributed by atoms with Gasteiger partial charge in [-0.2, -0.15) is 0 Å². The van der Waals surface area contributed by atoms with Gasteiger partial charge in [0, 0.05) is 11.6 Å². The van der Waals surface area contributed by atoms with Crippen molar-refractivity contribution in [3.8, 4) is 0 Å². The van der Waals surface area contributed by atoms with E-state index in [1.54, 1.807) is 0 Å². The maximum atomic E-state index is 12.8. The van der Waals surface area contributed by atoms with E-state index in [0.717, 1.165) is 25.7 Å². The molecule has 1 aromatic rings. The zero-order chi connectivity index (χ0) is 20.4. The summed E-state index contributed by atoms with van der Waals surface area (Å²) in [6, 6.07) is 3.66. The van der Waals surface area contributed by atoms with Crippen LogP contribution in [0.1, 0.15) is 77.0 Å². The van der Waals surface area contributed by atoms with Crippen molar-refractivity contribution in [3.05, 3.63) is 34.9 Å². The lowest BCUT2D eigenvalue weighted by Crippen LogP contribution is -2.42. The van der Waals surface area contributed by atoms with Crippen LogP contribution in [0.2, 0.25) is 0 Å². The molecule has 3 rings (SSSR count). The summed E-state index contributed by atoms with van der Waals surface area (Å²) in [5, 5.41) is 2.68. The largest absolute Gasteiger partial charge is 0.467 e. The Balaban J connectivity index is 1.80. The number of carbonyl (C=O) groups is 4. The average Bonchev–Trinajstić information content (AvgIpc) is 3.27. The van der Waals surface area contributed by atoms with Crippen molar-refractivity contribution >= 4 is 23.7 Å². The molecule has 0 spiro atoms. The molecule has 1 saturated carbocycles. The molecule has 3 amide bonds. The third-order valence-electron chi connectivity index (χ3n) is 5.37. The van der Waals surface area contributed by atoms with Crippen molar-refractivity contribution in [2.45, 2.75) is 58.0 Å². The number of carbonyl (C=O) groups excluding carboxylic acids is 4. The number of ether oxygens (including phenoxy) is 1. The Bertz CT molecular complexity index is 811. The quantitative estimate of drug-likeness (QED) is 0.599. The maximum absolute atomic E-state index is 12.8. The fourth-order valence-electron chi connectivity index (χ4n) is 3.96. The number of nitrogens with zero attached hydrogens (tertiary/aromatic N) is 1. The van der Waals surface area contributed by atoms with Gasteiger partial charge < -0.3 is 10.1 Å². The smallest absolute Gasteiger partial charge is 0.328 e. The Morgan fingerprint density at radius 1 is 1.14 bits per heavy atom. The zero-order valence-electron chi connectivity index (χ0n) is 16.5. The number of imide groups is 1. The van der Waals surface area contributed by atoms with Crippen LogP contribution in [0.25, 0.3) is 0 Å². The molecule has 1 aliphatic heterocycles. The molecule has 0 bridgehead atoms. The highest BCUT2D eigenvalue weighted by molar-refractivity contribution is 6.22. The summed E-state index contributed by atoms with van der Waals surface area (Å²) >= 11 is 0. The van der Waals surface area contributed by atoms with Crippen molar-refractivity contribution in [1.29, 1.82) is 0 Å². The van der Waals surface area contributed by atoms with Crippen molar-refractivity contribution in [2.75, 3.05) is 7.11 Å². The molecule has 1 fully saturated rings. The summed E-state index contributed by atoms with van der Waals surface area (Å²) in [6.07, 6.45) is 4.12. The summed E-state index contributed by atoms with van der Waals surface area (Å²) in [5.74, 6) is -1.43. The Hall–Kier alpha value is -2.70. The number of rotatable bonds is 6. The van der Waals surface area contributed by atoms with Crippen LogP contribution in [0.15, 0.2) is 18.2 Å². The van der Waals surface area contributed by atoms with E-state index in [1.165, 1.54) is 30.2 Å². The lowest BCUT2D eigenvalue weighted by Gasteiger charge is -2.21. The second-order valence-electron chi connectivity index (χ2n) is 7.86. The number of methoxy groups -OCH3 is 1. The van der Waals surface area contributed by atoms with Gasteiger partial charge in [0.25, 0.3) is 17.7 Å². The molecule has 1 N–H and O–H groups in total. The summed E-state index contributed by atoms with van der Waals surface area (Å²) < 4.78 is 4.77. The van der Waals surface area contributed by atoms with Crippen LogP contribution in [0.5, 0.6) is 0 Å². The van der Waals surface area contributed by atoms with E-state index < -0.39 is 17.9 Å². The van der Waals surface area contributed by atoms with E-state index >= 15 is 0 Å². The first-order valence-electron chi connectivity index (χ1n) is 9.74. The van der Waals surface area contributed by atoms with Crippen LogP contribution >= 0.6 is 0 Å². The number of nitrogens with one attached hydrogen (secondary N) is 1. The predicted octanol–water partition coefficient (Wildman–Crippen LogP) is 2.54. The molecule has 0 aromatic heterocycles. The van der Waals surface area contributed by atoms with E-state index in [-0.39, 0.29) is 34.9 Å². The summed E-state index contributed by atoms with van der Waals surface area (Å²) in [4.78, 5) is 51.4. The van der Waals surface area contributed by atoms with Crippen LogP contribution in [0.3, 0.4) is 0 Å². The van der Waals surface area contributed by atoms with Gasteiger partial charge >= 0.3 is 5.97 Å². The molecule has 1 heterocycles. The van der Waals surface area contributed by atoms with Gasteiger partial charge in [-0.25, -0.2) is 4.79 Å². The van der Waals surface area contributed by atoms with Crippen LogP contribution in [0, 0.1) is 5.92 Å². The van der Waals surface area contributed by atoms with Crippen molar-refractivity contribution < 1.29 is 23.9 Å². The van der Waals surface area contributed by atoms with Crippen molar-refractivity contribution in [3.63, 3.8) is 0 Å². The molecule has 7 nitrogen and oxygen atoms in total. The van der Waals surface area contributed by atoms with Gasteiger partial charge in [0.05, 0.1) is 18.2 Å². The first-order chi connectivity index (χ1) is 13.3. The molecule has 7 heteroatoms. The third kappa shape index (κ3) is 3.79. The molecule has 1 aliphatic carbocycles. The van der Waals surface area contributed by atoms with Crippen LogP contribution in [-0.2, 0) is 9.53 Å². The first kappa shape index (κ1) is 20.0. The summed E-state index contributed by atoms with van der Waals surface area (Å²) in [6.45, 7) is 3.89. The number of benzene rings is 1. The highest BCUT2D eigenvalue weighted by Gasteiger charge is 2.41. The van der Waals surface area contributed by atoms with Gasteiger partial charge in [0.1, 0.15) is 6.04 Å². The molecule has 150 valence electrons. The molecule has 1 aromatic carbocycles. The van der Waals surface area contributed by atoms with Gasteiger partial charge in [-0.05, 0) is 43.4 Å². The van der Waals surface area contributed by atoms with Gasteiger partial charge in [-0.1, -0.05) is 26.7 Å². The molecule has 0 saturated heterocycles. The number of hydrogen-bond donors (Lipinski definition) is 1. The number of hydrogen-bond acceptors (Lipinski definition) is 5. The molecule has 0 unspecified atom stereocenters. The number of fused-ring (bicyclic) bond motifs is 1. The second-order valence-corrected chi connectivity index (χ2v) is 7.86. The molecular weight excluding hydrogens is 360 g/mol. The number of esters is 1. The monoisotopic (exact) mass is 386 g/mol. The van der Waals surface area contributed by atoms with E-state index in [2.05, 4.69) is 5.32 Å². The van der Waals surface area contributed by atoms with Gasteiger partial charge in [-0.3, -0.25) is 19.3 Å². The fourth-order valence-corrected chi connectivity index (χ4v) is 3.96. The minimum atomic E-state index is -0.766. The Labute approximate surface area is 164 Å². The minimum absolute atomic E-state index is 0.0561. The molecule has 0 radical (unpaired) electrons. The molecule has 1 atom stereocenters. The SMILES string of the molecule is COC(=O)[C@H](CC(C)C)NC(=O)c1ccc2c(c1)C(=O)N(C1CCCC1)C2=O. The Kier molecular flexibility index (Phi) is 5.82. The molecule has 28 heavy (non-hydrogen) atoms.